The maximum absolute atomic E-state index is 12.1. The molecule has 0 aromatic heterocycles. The Kier molecular flexibility index (Phi) is 6.60. The van der Waals surface area contributed by atoms with E-state index in [0.717, 1.165) is 23.9 Å². The molecule has 1 aliphatic rings. The summed E-state index contributed by atoms with van der Waals surface area (Å²) in [5.41, 5.74) is 0.533. The lowest BCUT2D eigenvalue weighted by molar-refractivity contribution is 0.0926. The quantitative estimate of drug-likeness (QED) is 0.841. The zero-order chi connectivity index (χ0) is 13.1. The third-order valence-electron chi connectivity index (χ3n) is 3.13. The van der Waals surface area contributed by atoms with Crippen LogP contribution in [0.4, 0.5) is 0 Å². The van der Waals surface area contributed by atoms with E-state index in [0.29, 0.717) is 16.6 Å². The van der Waals surface area contributed by atoms with Crippen LogP contribution in [0.5, 0.6) is 0 Å². The molecule has 0 aliphatic carbocycles. The Labute approximate surface area is 133 Å². The van der Waals surface area contributed by atoms with E-state index in [2.05, 4.69) is 33.5 Å². The van der Waals surface area contributed by atoms with Crippen molar-refractivity contribution in [2.45, 2.75) is 31.8 Å². The van der Waals surface area contributed by atoms with Crippen LogP contribution in [0.3, 0.4) is 0 Å². The van der Waals surface area contributed by atoms with Gasteiger partial charge in [-0.15, -0.1) is 12.4 Å². The van der Waals surface area contributed by atoms with Crippen molar-refractivity contribution in [3.8, 4) is 0 Å². The van der Waals surface area contributed by atoms with E-state index in [4.69, 9.17) is 11.6 Å². The first-order chi connectivity index (χ1) is 8.56. The first-order valence-corrected chi connectivity index (χ1v) is 7.22. The van der Waals surface area contributed by atoms with Gasteiger partial charge in [0.05, 0.1) is 10.6 Å². The molecule has 1 amide bonds. The van der Waals surface area contributed by atoms with Crippen LogP contribution in [-0.4, -0.2) is 24.5 Å². The summed E-state index contributed by atoms with van der Waals surface area (Å²) in [6.45, 7) is 3.07. The number of nitrogens with one attached hydrogen (secondary N) is 2. The van der Waals surface area contributed by atoms with Crippen molar-refractivity contribution in [1.82, 2.24) is 10.6 Å². The van der Waals surface area contributed by atoms with Gasteiger partial charge in [0.2, 0.25) is 0 Å². The van der Waals surface area contributed by atoms with E-state index in [1.165, 1.54) is 0 Å². The van der Waals surface area contributed by atoms with Crippen molar-refractivity contribution in [2.24, 2.45) is 0 Å². The Balaban J connectivity index is 0.00000180. The van der Waals surface area contributed by atoms with E-state index in [-0.39, 0.29) is 24.4 Å². The molecule has 2 N–H and O–H groups in total. The summed E-state index contributed by atoms with van der Waals surface area (Å²) in [6, 6.07) is 5.98. The number of benzene rings is 1. The van der Waals surface area contributed by atoms with Crippen molar-refractivity contribution >= 4 is 45.8 Å². The summed E-state index contributed by atoms with van der Waals surface area (Å²) < 4.78 is 0.875. The van der Waals surface area contributed by atoms with Gasteiger partial charge in [0.1, 0.15) is 0 Å². The molecule has 0 bridgehead atoms. The van der Waals surface area contributed by atoms with Gasteiger partial charge in [-0.05, 0) is 44.5 Å². The average molecular weight is 368 g/mol. The maximum Gasteiger partial charge on any atom is 0.253 e. The minimum Gasteiger partial charge on any atom is -0.349 e. The van der Waals surface area contributed by atoms with Gasteiger partial charge in [-0.25, -0.2) is 0 Å². The smallest absolute Gasteiger partial charge is 0.253 e. The van der Waals surface area contributed by atoms with Crippen molar-refractivity contribution in [1.29, 1.82) is 0 Å². The van der Waals surface area contributed by atoms with Crippen LogP contribution in [-0.2, 0) is 0 Å². The van der Waals surface area contributed by atoms with E-state index in [1.54, 1.807) is 12.1 Å². The van der Waals surface area contributed by atoms with Crippen LogP contribution >= 0.6 is 39.9 Å². The number of hydrogen-bond acceptors (Lipinski definition) is 2. The fraction of sp³-hybridized carbons (Fsp3) is 0.462. The van der Waals surface area contributed by atoms with E-state index >= 15 is 0 Å². The molecule has 0 spiro atoms. The van der Waals surface area contributed by atoms with Crippen LogP contribution in [0.15, 0.2) is 22.7 Å². The van der Waals surface area contributed by atoms with Gasteiger partial charge in [0, 0.05) is 16.6 Å². The average Bonchev–Trinajstić information content (AvgIpc) is 2.28. The zero-order valence-corrected chi connectivity index (χ0v) is 13.7. The number of carbonyl (C=O) groups is 1. The normalized spacial score (nSPS) is 22.5. The third-order valence-corrected chi connectivity index (χ3v) is 3.94. The van der Waals surface area contributed by atoms with Crippen molar-refractivity contribution < 1.29 is 4.79 Å². The Hall–Kier alpha value is -0.290. The number of rotatable bonds is 2. The molecule has 2 atom stereocenters. The van der Waals surface area contributed by atoms with Crippen molar-refractivity contribution in [3.05, 3.63) is 33.3 Å². The number of halogens is 3. The molecule has 2 rings (SSSR count). The first-order valence-electron chi connectivity index (χ1n) is 6.05. The summed E-state index contributed by atoms with van der Waals surface area (Å²) in [7, 11) is 0. The highest BCUT2D eigenvalue weighted by Crippen LogP contribution is 2.21. The van der Waals surface area contributed by atoms with E-state index in [1.807, 2.05) is 6.07 Å². The Morgan fingerprint density at radius 3 is 2.89 bits per heavy atom. The molecule has 106 valence electrons. The fourth-order valence-corrected chi connectivity index (χ4v) is 2.96. The predicted molar refractivity (Wildman–Crippen MR) is 84.4 cm³/mol. The molecule has 0 saturated carbocycles. The largest absolute Gasteiger partial charge is 0.349 e. The molecular weight excluding hydrogens is 351 g/mol. The molecule has 6 heteroatoms. The molecule has 1 heterocycles. The van der Waals surface area contributed by atoms with E-state index < -0.39 is 0 Å². The van der Waals surface area contributed by atoms with Crippen molar-refractivity contribution in [3.63, 3.8) is 0 Å². The summed E-state index contributed by atoms with van der Waals surface area (Å²) in [5, 5.41) is 6.88. The second kappa shape index (κ2) is 7.48. The van der Waals surface area contributed by atoms with Crippen LogP contribution in [0, 0.1) is 0 Å². The van der Waals surface area contributed by atoms with Gasteiger partial charge in [-0.3, -0.25) is 4.79 Å². The summed E-state index contributed by atoms with van der Waals surface area (Å²) in [4.78, 5) is 12.1. The number of piperidine rings is 1. The summed E-state index contributed by atoms with van der Waals surface area (Å²) >= 11 is 9.39. The Morgan fingerprint density at radius 2 is 2.26 bits per heavy atom. The topological polar surface area (TPSA) is 41.1 Å². The minimum absolute atomic E-state index is 0. The second-order valence-corrected chi connectivity index (χ2v) is 6.00. The van der Waals surface area contributed by atoms with Crippen LogP contribution in [0.1, 0.15) is 30.1 Å². The zero-order valence-electron chi connectivity index (χ0n) is 10.6. The molecule has 1 saturated heterocycles. The Bertz CT molecular complexity index is 456. The SMILES string of the molecule is CC1CC(NC(=O)c2ccc(Br)cc2Cl)CCN1.Cl. The number of carbonyl (C=O) groups excluding carboxylic acids is 1. The summed E-state index contributed by atoms with van der Waals surface area (Å²) in [5.74, 6) is -0.0911. The van der Waals surface area contributed by atoms with Crippen LogP contribution < -0.4 is 10.6 Å². The lowest BCUT2D eigenvalue weighted by atomic mass is 10.0. The highest BCUT2D eigenvalue weighted by molar-refractivity contribution is 9.10. The number of amides is 1. The Morgan fingerprint density at radius 1 is 1.53 bits per heavy atom. The fourth-order valence-electron chi connectivity index (χ4n) is 2.20. The third kappa shape index (κ3) is 4.63. The molecule has 2 unspecified atom stereocenters. The highest BCUT2D eigenvalue weighted by Gasteiger charge is 2.21. The second-order valence-electron chi connectivity index (χ2n) is 4.67. The minimum atomic E-state index is -0.0911. The molecule has 1 aliphatic heterocycles. The van der Waals surface area contributed by atoms with Gasteiger partial charge < -0.3 is 10.6 Å². The van der Waals surface area contributed by atoms with Gasteiger partial charge >= 0.3 is 0 Å². The molecule has 1 aromatic carbocycles. The molecule has 19 heavy (non-hydrogen) atoms. The standard InChI is InChI=1S/C13H16BrClN2O.ClH/c1-8-6-10(4-5-16-8)17-13(18)11-3-2-9(14)7-12(11)15;/h2-3,7-8,10,16H,4-6H2,1H3,(H,17,18);1H. The molecule has 3 nitrogen and oxygen atoms in total. The molecule has 0 radical (unpaired) electrons. The maximum atomic E-state index is 12.1. The van der Waals surface area contributed by atoms with Gasteiger partial charge in [-0.1, -0.05) is 27.5 Å². The lowest BCUT2D eigenvalue weighted by Gasteiger charge is -2.28. The van der Waals surface area contributed by atoms with Crippen molar-refractivity contribution in [2.75, 3.05) is 6.54 Å². The monoisotopic (exact) mass is 366 g/mol. The van der Waals surface area contributed by atoms with Crippen LogP contribution in [0.25, 0.3) is 0 Å². The number of hydrogen-bond donors (Lipinski definition) is 2. The van der Waals surface area contributed by atoms with Crippen LogP contribution in [0.2, 0.25) is 5.02 Å². The van der Waals surface area contributed by atoms with Gasteiger partial charge in [0.15, 0.2) is 0 Å². The van der Waals surface area contributed by atoms with Gasteiger partial charge in [0.25, 0.3) is 5.91 Å². The van der Waals surface area contributed by atoms with E-state index in [9.17, 15) is 4.79 Å². The molecule has 1 aromatic rings. The predicted octanol–water partition coefficient (Wildman–Crippen LogP) is 3.39. The summed E-state index contributed by atoms with van der Waals surface area (Å²) in [6.07, 6.45) is 1.92. The highest BCUT2D eigenvalue weighted by atomic mass is 79.9. The molecular formula is C13H17BrCl2N2O. The lowest BCUT2D eigenvalue weighted by Crippen LogP contribution is -2.46. The molecule has 1 fully saturated rings. The van der Waals surface area contributed by atoms with Gasteiger partial charge in [-0.2, -0.15) is 0 Å². The first kappa shape index (κ1) is 16.8.